The summed E-state index contributed by atoms with van der Waals surface area (Å²) in [7, 11) is 0. The lowest BCUT2D eigenvalue weighted by molar-refractivity contribution is -0.173. The smallest absolute Gasteiger partial charge is 0.372 e. The molecule has 90 valence electrons. The molecule has 3 nitrogen and oxygen atoms in total. The van der Waals surface area contributed by atoms with Crippen LogP contribution in [0.3, 0.4) is 0 Å². The van der Waals surface area contributed by atoms with Gasteiger partial charge in [-0.1, -0.05) is 0 Å². The van der Waals surface area contributed by atoms with E-state index in [0.717, 1.165) is 0 Å². The highest BCUT2D eigenvalue weighted by Gasteiger charge is 2.27. The van der Waals surface area contributed by atoms with Crippen LogP contribution in [-0.4, -0.2) is 30.2 Å². The van der Waals surface area contributed by atoms with E-state index in [9.17, 15) is 18.0 Å². The third-order valence-electron chi connectivity index (χ3n) is 1.63. The molecule has 0 spiro atoms. The van der Waals surface area contributed by atoms with E-state index in [1.165, 1.54) is 24.5 Å². The van der Waals surface area contributed by atoms with Gasteiger partial charge < -0.3 is 4.74 Å². The fourth-order valence-electron chi connectivity index (χ4n) is 0.936. The first-order chi connectivity index (χ1) is 7.38. The van der Waals surface area contributed by atoms with Crippen molar-refractivity contribution in [2.75, 3.05) is 13.2 Å². The Morgan fingerprint density at radius 2 is 2.25 bits per heavy atom. The normalized spacial score (nSPS) is 11.8. The van der Waals surface area contributed by atoms with Crippen molar-refractivity contribution in [3.63, 3.8) is 0 Å². The lowest BCUT2D eigenvalue weighted by Gasteiger charge is -2.05. The Bertz CT molecular complexity index is 362. The number of carbonyl (C=O) groups is 1. The maximum absolute atomic E-state index is 11.7. The molecule has 0 aliphatic heterocycles. The molecule has 0 unspecified atom stereocenters. The molecule has 0 radical (unpaired) electrons. The first-order valence-corrected chi connectivity index (χ1v) is 5.30. The molecular weight excluding hydrogens is 243 g/mol. The number of carbonyl (C=O) groups excluding carboxylic acids is 1. The molecule has 0 saturated heterocycles. The number of ketones is 1. The summed E-state index contributed by atoms with van der Waals surface area (Å²) in [5.74, 6) is -0.0973. The third kappa shape index (κ3) is 4.71. The standard InChI is InChI=1S/C9H10F3NO2S/c1-6(14)7-4-13-8(16-7)2-3-15-5-9(10,11)12/h4H,2-3,5H2,1H3. The molecule has 16 heavy (non-hydrogen) atoms. The summed E-state index contributed by atoms with van der Waals surface area (Å²) >= 11 is 1.18. The molecule has 7 heteroatoms. The number of alkyl halides is 3. The van der Waals surface area contributed by atoms with Crippen molar-refractivity contribution in [3.05, 3.63) is 16.1 Å². The number of rotatable bonds is 5. The van der Waals surface area contributed by atoms with Crippen LogP contribution in [-0.2, 0) is 11.2 Å². The first-order valence-electron chi connectivity index (χ1n) is 4.48. The summed E-state index contributed by atoms with van der Waals surface area (Å²) in [6, 6.07) is 0. The molecule has 0 aromatic carbocycles. The van der Waals surface area contributed by atoms with Crippen molar-refractivity contribution < 1.29 is 22.7 Å². The molecule has 0 bridgehead atoms. The number of ether oxygens (including phenoxy) is 1. The maximum atomic E-state index is 11.7. The lowest BCUT2D eigenvalue weighted by atomic mass is 10.4. The van der Waals surface area contributed by atoms with E-state index in [0.29, 0.717) is 9.88 Å². The zero-order chi connectivity index (χ0) is 12.2. The van der Waals surface area contributed by atoms with Crippen LogP contribution in [0, 0.1) is 0 Å². The predicted octanol–water partition coefficient (Wildman–Crippen LogP) is 2.47. The van der Waals surface area contributed by atoms with Gasteiger partial charge in [0.25, 0.3) is 0 Å². The van der Waals surface area contributed by atoms with Crippen LogP contribution in [0.5, 0.6) is 0 Å². The molecule has 1 aromatic heterocycles. The van der Waals surface area contributed by atoms with Crippen LogP contribution in [0.1, 0.15) is 21.6 Å². The van der Waals surface area contributed by atoms with Crippen molar-refractivity contribution in [2.45, 2.75) is 19.5 Å². The highest BCUT2D eigenvalue weighted by Crippen LogP contribution is 2.16. The molecule has 0 N–H and O–H groups in total. The minimum absolute atomic E-state index is 0.0512. The van der Waals surface area contributed by atoms with E-state index < -0.39 is 12.8 Å². The van der Waals surface area contributed by atoms with Crippen LogP contribution in [0.15, 0.2) is 6.20 Å². The topological polar surface area (TPSA) is 39.2 Å². The molecule has 0 amide bonds. The minimum atomic E-state index is -4.30. The fourth-order valence-corrected chi connectivity index (χ4v) is 1.73. The summed E-state index contributed by atoms with van der Waals surface area (Å²) in [5.41, 5.74) is 0. The highest BCUT2D eigenvalue weighted by molar-refractivity contribution is 7.13. The van der Waals surface area contributed by atoms with Gasteiger partial charge in [0.2, 0.25) is 0 Å². The van der Waals surface area contributed by atoms with Gasteiger partial charge in [-0.25, -0.2) is 4.98 Å². The van der Waals surface area contributed by atoms with Gasteiger partial charge in [0, 0.05) is 19.5 Å². The monoisotopic (exact) mass is 253 g/mol. The molecule has 1 rings (SSSR count). The van der Waals surface area contributed by atoms with Gasteiger partial charge in [0.05, 0.1) is 16.5 Å². The average Bonchev–Trinajstić information content (AvgIpc) is 2.59. The highest BCUT2D eigenvalue weighted by atomic mass is 32.1. The molecule has 1 heterocycles. The number of hydrogen-bond donors (Lipinski definition) is 0. The quantitative estimate of drug-likeness (QED) is 0.597. The largest absolute Gasteiger partial charge is 0.411 e. The van der Waals surface area contributed by atoms with E-state index >= 15 is 0 Å². The van der Waals surface area contributed by atoms with Crippen molar-refractivity contribution in [1.29, 1.82) is 0 Å². The maximum Gasteiger partial charge on any atom is 0.411 e. The summed E-state index contributed by atoms with van der Waals surface area (Å²) in [4.78, 5) is 15.3. The van der Waals surface area contributed by atoms with E-state index in [1.54, 1.807) is 0 Å². The lowest BCUT2D eigenvalue weighted by Crippen LogP contribution is -2.17. The zero-order valence-electron chi connectivity index (χ0n) is 8.50. The van der Waals surface area contributed by atoms with Gasteiger partial charge >= 0.3 is 6.18 Å². The van der Waals surface area contributed by atoms with Gasteiger partial charge in [-0.15, -0.1) is 11.3 Å². The number of aromatic nitrogens is 1. The summed E-state index contributed by atoms with van der Waals surface area (Å²) in [6.07, 6.45) is -2.59. The van der Waals surface area contributed by atoms with E-state index in [4.69, 9.17) is 0 Å². The number of halogens is 3. The van der Waals surface area contributed by atoms with Crippen molar-refractivity contribution in [2.24, 2.45) is 0 Å². The van der Waals surface area contributed by atoms with E-state index in [1.807, 2.05) is 0 Å². The molecule has 0 aliphatic carbocycles. The Balaban J connectivity index is 2.30. The molecule has 0 saturated carbocycles. The number of nitrogens with zero attached hydrogens (tertiary/aromatic N) is 1. The second kappa shape index (κ2) is 5.40. The Kier molecular flexibility index (Phi) is 4.43. The Morgan fingerprint density at radius 1 is 1.56 bits per heavy atom. The van der Waals surface area contributed by atoms with Gasteiger partial charge in [0.15, 0.2) is 5.78 Å². The number of hydrogen-bond acceptors (Lipinski definition) is 4. The van der Waals surface area contributed by atoms with Gasteiger partial charge in [0.1, 0.15) is 6.61 Å². The summed E-state index contributed by atoms with van der Waals surface area (Å²) < 4.78 is 39.6. The average molecular weight is 253 g/mol. The fraction of sp³-hybridized carbons (Fsp3) is 0.556. The number of Topliss-reactive ketones (excluding diaryl/α,β-unsaturated/α-hetero) is 1. The first kappa shape index (κ1) is 13.1. The molecule has 1 aromatic rings. The third-order valence-corrected chi connectivity index (χ3v) is 2.78. The van der Waals surface area contributed by atoms with Crippen molar-refractivity contribution in [3.8, 4) is 0 Å². The van der Waals surface area contributed by atoms with Crippen molar-refractivity contribution >= 4 is 17.1 Å². The number of thiazole rings is 1. The van der Waals surface area contributed by atoms with Crippen molar-refractivity contribution in [1.82, 2.24) is 4.98 Å². The minimum Gasteiger partial charge on any atom is -0.372 e. The molecule has 0 fully saturated rings. The Morgan fingerprint density at radius 3 is 2.75 bits per heavy atom. The van der Waals surface area contributed by atoms with Crippen LogP contribution >= 0.6 is 11.3 Å². The van der Waals surface area contributed by atoms with Crippen LogP contribution in [0.2, 0.25) is 0 Å². The Labute approximate surface area is 94.3 Å². The molecule has 0 atom stereocenters. The van der Waals surface area contributed by atoms with Crippen LogP contribution in [0.25, 0.3) is 0 Å². The SMILES string of the molecule is CC(=O)c1cnc(CCOCC(F)(F)F)s1. The second-order valence-corrected chi connectivity index (χ2v) is 4.21. The second-order valence-electron chi connectivity index (χ2n) is 3.09. The van der Waals surface area contributed by atoms with Crippen LogP contribution < -0.4 is 0 Å². The van der Waals surface area contributed by atoms with E-state index in [-0.39, 0.29) is 18.8 Å². The zero-order valence-corrected chi connectivity index (χ0v) is 9.32. The Hall–Kier alpha value is -0.950. The van der Waals surface area contributed by atoms with Gasteiger partial charge in [-0.2, -0.15) is 13.2 Å². The molecule has 0 aliphatic rings. The van der Waals surface area contributed by atoms with Crippen LogP contribution in [0.4, 0.5) is 13.2 Å². The van der Waals surface area contributed by atoms with Gasteiger partial charge in [-0.3, -0.25) is 4.79 Å². The summed E-state index contributed by atoms with van der Waals surface area (Å²) in [5, 5.41) is 0.604. The predicted molar refractivity (Wildman–Crippen MR) is 52.7 cm³/mol. The summed E-state index contributed by atoms with van der Waals surface area (Å²) in [6.45, 7) is 0.111. The van der Waals surface area contributed by atoms with Gasteiger partial charge in [-0.05, 0) is 0 Å². The molecular formula is C9H10F3NO2S. The van der Waals surface area contributed by atoms with E-state index in [2.05, 4.69) is 9.72 Å².